The molecule has 0 saturated carbocycles. The SMILES string of the molecule is O=c1cncc(NCc2cccnc2)[nH]1. The summed E-state index contributed by atoms with van der Waals surface area (Å²) >= 11 is 0. The van der Waals surface area contributed by atoms with Crippen molar-refractivity contribution in [3.05, 3.63) is 52.8 Å². The molecule has 2 aromatic rings. The van der Waals surface area contributed by atoms with Crippen molar-refractivity contribution in [2.24, 2.45) is 0 Å². The summed E-state index contributed by atoms with van der Waals surface area (Å²) in [4.78, 5) is 21.3. The fourth-order valence-corrected chi connectivity index (χ4v) is 1.17. The summed E-state index contributed by atoms with van der Waals surface area (Å²) in [6, 6.07) is 3.82. The molecule has 0 unspecified atom stereocenters. The van der Waals surface area contributed by atoms with Gasteiger partial charge >= 0.3 is 0 Å². The number of anilines is 1. The van der Waals surface area contributed by atoms with Gasteiger partial charge in [0.15, 0.2) is 0 Å². The number of aromatic nitrogens is 3. The highest BCUT2D eigenvalue weighted by Gasteiger charge is 1.94. The predicted molar refractivity (Wildman–Crippen MR) is 56.4 cm³/mol. The van der Waals surface area contributed by atoms with E-state index in [-0.39, 0.29) is 5.56 Å². The molecule has 0 amide bonds. The first-order chi connectivity index (χ1) is 7.34. The van der Waals surface area contributed by atoms with Gasteiger partial charge in [-0.15, -0.1) is 0 Å². The van der Waals surface area contributed by atoms with Gasteiger partial charge in [-0.2, -0.15) is 0 Å². The van der Waals surface area contributed by atoms with Gasteiger partial charge in [0.1, 0.15) is 5.82 Å². The maximum absolute atomic E-state index is 10.9. The second-order valence-electron chi connectivity index (χ2n) is 3.03. The number of nitrogens with zero attached hydrogens (tertiary/aromatic N) is 2. The van der Waals surface area contributed by atoms with Gasteiger partial charge in [-0.3, -0.25) is 14.8 Å². The Hall–Kier alpha value is -2.17. The minimum atomic E-state index is -0.216. The van der Waals surface area contributed by atoms with E-state index in [9.17, 15) is 4.79 Å². The molecule has 0 atom stereocenters. The second kappa shape index (κ2) is 4.36. The Bertz CT molecular complexity index is 480. The van der Waals surface area contributed by atoms with Crippen LogP contribution in [0.1, 0.15) is 5.56 Å². The van der Waals surface area contributed by atoms with Crippen molar-refractivity contribution in [3.63, 3.8) is 0 Å². The van der Waals surface area contributed by atoms with E-state index in [1.54, 1.807) is 18.6 Å². The summed E-state index contributed by atoms with van der Waals surface area (Å²) in [6.45, 7) is 0.607. The average Bonchev–Trinajstić information content (AvgIpc) is 2.28. The molecule has 2 aromatic heterocycles. The quantitative estimate of drug-likeness (QED) is 0.771. The molecule has 0 spiro atoms. The number of rotatable bonds is 3. The molecule has 5 heteroatoms. The second-order valence-corrected chi connectivity index (χ2v) is 3.03. The van der Waals surface area contributed by atoms with Crippen molar-refractivity contribution in [3.8, 4) is 0 Å². The predicted octanol–water partition coefficient (Wildman–Crippen LogP) is 0.777. The molecule has 2 heterocycles. The van der Waals surface area contributed by atoms with Gasteiger partial charge in [-0.05, 0) is 11.6 Å². The van der Waals surface area contributed by atoms with Crippen LogP contribution in [0.3, 0.4) is 0 Å². The third-order valence-corrected chi connectivity index (χ3v) is 1.86. The van der Waals surface area contributed by atoms with Crippen molar-refractivity contribution in [1.29, 1.82) is 0 Å². The van der Waals surface area contributed by atoms with Gasteiger partial charge in [0, 0.05) is 18.9 Å². The number of hydrogen-bond acceptors (Lipinski definition) is 4. The van der Waals surface area contributed by atoms with E-state index in [0.717, 1.165) is 5.56 Å². The van der Waals surface area contributed by atoms with Crippen LogP contribution in [0.4, 0.5) is 5.82 Å². The summed E-state index contributed by atoms with van der Waals surface area (Å²) in [5.74, 6) is 0.603. The van der Waals surface area contributed by atoms with E-state index in [1.165, 1.54) is 6.20 Å². The topological polar surface area (TPSA) is 70.7 Å². The van der Waals surface area contributed by atoms with Crippen molar-refractivity contribution in [1.82, 2.24) is 15.0 Å². The molecular formula is C10H10N4O. The number of hydrogen-bond donors (Lipinski definition) is 2. The molecule has 0 aliphatic rings. The van der Waals surface area contributed by atoms with E-state index in [0.29, 0.717) is 12.4 Å². The Morgan fingerprint density at radius 1 is 1.27 bits per heavy atom. The van der Waals surface area contributed by atoms with Gasteiger partial charge in [-0.25, -0.2) is 0 Å². The lowest BCUT2D eigenvalue weighted by Crippen LogP contribution is -2.10. The molecule has 2 N–H and O–H groups in total. The molecule has 15 heavy (non-hydrogen) atoms. The summed E-state index contributed by atoms with van der Waals surface area (Å²) < 4.78 is 0. The molecular weight excluding hydrogens is 192 g/mol. The van der Waals surface area contributed by atoms with Gasteiger partial charge in [-0.1, -0.05) is 6.07 Å². The van der Waals surface area contributed by atoms with Crippen molar-refractivity contribution in [2.45, 2.75) is 6.54 Å². The molecule has 0 aliphatic heterocycles. The molecule has 2 rings (SSSR count). The molecule has 0 radical (unpaired) electrons. The Kier molecular flexibility index (Phi) is 2.73. The smallest absolute Gasteiger partial charge is 0.267 e. The Labute approximate surface area is 86.2 Å². The lowest BCUT2D eigenvalue weighted by atomic mass is 10.3. The lowest BCUT2D eigenvalue weighted by Gasteiger charge is -2.04. The third kappa shape index (κ3) is 2.63. The van der Waals surface area contributed by atoms with Crippen LogP contribution < -0.4 is 10.9 Å². The van der Waals surface area contributed by atoms with Gasteiger partial charge < -0.3 is 10.3 Å². The third-order valence-electron chi connectivity index (χ3n) is 1.86. The largest absolute Gasteiger partial charge is 0.366 e. The van der Waals surface area contributed by atoms with Crippen LogP contribution in [-0.4, -0.2) is 15.0 Å². The first-order valence-corrected chi connectivity index (χ1v) is 4.52. The number of aromatic amines is 1. The Morgan fingerprint density at radius 2 is 2.20 bits per heavy atom. The summed E-state index contributed by atoms with van der Waals surface area (Å²) in [5.41, 5.74) is 0.827. The summed E-state index contributed by atoms with van der Waals surface area (Å²) in [5, 5.41) is 3.04. The standard InChI is InChI=1S/C10H10N4O/c15-10-7-12-6-9(14-10)13-5-8-2-1-3-11-4-8/h1-4,6-7H,5H2,(H2,13,14,15). The van der Waals surface area contributed by atoms with Gasteiger partial charge in [0.2, 0.25) is 0 Å². The number of pyridine rings is 1. The van der Waals surface area contributed by atoms with Crippen molar-refractivity contribution in [2.75, 3.05) is 5.32 Å². The average molecular weight is 202 g/mol. The maximum Gasteiger partial charge on any atom is 0.267 e. The van der Waals surface area contributed by atoms with E-state index in [4.69, 9.17) is 0 Å². The normalized spacial score (nSPS) is 9.87. The first kappa shape index (κ1) is 9.39. The molecule has 76 valence electrons. The van der Waals surface area contributed by atoms with Crippen LogP contribution in [0.2, 0.25) is 0 Å². The van der Waals surface area contributed by atoms with Crippen molar-refractivity contribution >= 4 is 5.82 Å². The van der Waals surface area contributed by atoms with E-state index in [1.807, 2.05) is 12.1 Å². The van der Waals surface area contributed by atoms with Crippen LogP contribution >= 0.6 is 0 Å². The van der Waals surface area contributed by atoms with Gasteiger partial charge in [0.25, 0.3) is 5.56 Å². The zero-order valence-corrected chi connectivity index (χ0v) is 7.97. The van der Waals surface area contributed by atoms with Crippen LogP contribution in [0.5, 0.6) is 0 Å². The van der Waals surface area contributed by atoms with E-state index in [2.05, 4.69) is 20.3 Å². The minimum absolute atomic E-state index is 0.216. The van der Waals surface area contributed by atoms with Crippen LogP contribution in [0.25, 0.3) is 0 Å². The monoisotopic (exact) mass is 202 g/mol. The van der Waals surface area contributed by atoms with Crippen LogP contribution in [0.15, 0.2) is 41.7 Å². The zero-order chi connectivity index (χ0) is 10.5. The van der Waals surface area contributed by atoms with Crippen LogP contribution in [-0.2, 0) is 6.54 Å². The minimum Gasteiger partial charge on any atom is -0.366 e. The molecule has 0 aliphatic carbocycles. The molecule has 0 aromatic carbocycles. The number of nitrogens with one attached hydrogen (secondary N) is 2. The highest BCUT2D eigenvalue weighted by atomic mass is 16.1. The maximum atomic E-state index is 10.9. The fraction of sp³-hybridized carbons (Fsp3) is 0.100. The first-order valence-electron chi connectivity index (χ1n) is 4.52. The van der Waals surface area contributed by atoms with E-state index >= 15 is 0 Å². The molecule has 5 nitrogen and oxygen atoms in total. The number of H-pyrrole nitrogens is 1. The van der Waals surface area contributed by atoms with Crippen molar-refractivity contribution < 1.29 is 0 Å². The Balaban J connectivity index is 2.02. The zero-order valence-electron chi connectivity index (χ0n) is 7.97. The lowest BCUT2D eigenvalue weighted by molar-refractivity contribution is 1.05. The Morgan fingerprint density at radius 3 is 2.93 bits per heavy atom. The van der Waals surface area contributed by atoms with Crippen LogP contribution in [0, 0.1) is 0 Å². The fourth-order valence-electron chi connectivity index (χ4n) is 1.17. The summed E-state index contributed by atoms with van der Waals surface area (Å²) in [7, 11) is 0. The van der Waals surface area contributed by atoms with E-state index < -0.39 is 0 Å². The molecule has 0 bridgehead atoms. The molecule has 0 saturated heterocycles. The molecule has 0 fully saturated rings. The van der Waals surface area contributed by atoms with Gasteiger partial charge in [0.05, 0.1) is 12.4 Å². The highest BCUT2D eigenvalue weighted by Crippen LogP contribution is 2.00. The highest BCUT2D eigenvalue weighted by molar-refractivity contribution is 5.31. The summed E-state index contributed by atoms with van der Waals surface area (Å²) in [6.07, 6.45) is 6.28.